The van der Waals surface area contributed by atoms with Gasteiger partial charge in [0.15, 0.2) is 0 Å². The summed E-state index contributed by atoms with van der Waals surface area (Å²) in [7, 11) is 1.60. The fourth-order valence-corrected chi connectivity index (χ4v) is 3.98. The zero-order valence-electron chi connectivity index (χ0n) is 19.4. The quantitative estimate of drug-likeness (QED) is 0.380. The van der Waals surface area contributed by atoms with E-state index in [1.165, 1.54) is 4.90 Å². The molecule has 4 aromatic carbocycles. The third kappa shape index (κ3) is 4.55. The lowest BCUT2D eigenvalue weighted by Crippen LogP contribution is -2.28. The Balaban J connectivity index is 1.68. The van der Waals surface area contributed by atoms with E-state index >= 15 is 0 Å². The summed E-state index contributed by atoms with van der Waals surface area (Å²) in [6, 6.07) is 27.4. The van der Waals surface area contributed by atoms with Crippen LogP contribution in [-0.4, -0.2) is 24.0 Å². The van der Waals surface area contributed by atoms with E-state index in [1.807, 2.05) is 62.4 Å². The van der Waals surface area contributed by atoms with Crippen molar-refractivity contribution in [2.75, 3.05) is 17.3 Å². The average Bonchev–Trinajstić information content (AvgIpc) is 2.85. The Morgan fingerprint density at radius 3 is 2.29 bits per heavy atom. The summed E-state index contributed by atoms with van der Waals surface area (Å²) in [6.07, 6.45) is 0. The molecule has 0 unspecified atom stereocenters. The van der Waals surface area contributed by atoms with Gasteiger partial charge in [-0.05, 0) is 60.4 Å². The molecule has 0 radical (unpaired) electrons. The number of aryl methyl sites for hydroxylation is 2. The summed E-state index contributed by atoms with van der Waals surface area (Å²) in [4.78, 5) is 28.2. The summed E-state index contributed by atoms with van der Waals surface area (Å²) in [5.74, 6) is -0.626. The Bertz CT molecular complexity index is 1360. The minimum atomic E-state index is -0.343. The van der Waals surface area contributed by atoms with Crippen molar-refractivity contribution in [2.24, 2.45) is 0 Å². The van der Waals surface area contributed by atoms with Crippen molar-refractivity contribution in [2.45, 2.75) is 13.8 Å². The molecule has 2 amide bonds. The molecular weight excluding hydrogens is 424 g/mol. The largest absolute Gasteiger partial charge is 0.506 e. The highest BCUT2D eigenvalue weighted by Crippen LogP contribution is 2.31. The SMILES string of the molecule is Cc1ccc(O)c(N(C)C(=O)c2ccccc2NC(=O)c2c(C)cccc2-c2ccccc2)c1. The standard InChI is InChI=1S/C29H26N2O3/c1-19-16-17-26(32)25(18-19)31(3)29(34)23-13-7-8-15-24(23)30-28(33)27-20(2)10-9-14-22(27)21-11-5-4-6-12-21/h4-18,32H,1-3H3,(H,30,33). The number of phenolic OH excluding ortho intramolecular Hbond substituents is 1. The predicted molar refractivity (Wildman–Crippen MR) is 137 cm³/mol. The molecule has 0 bridgehead atoms. The highest BCUT2D eigenvalue weighted by atomic mass is 16.3. The minimum absolute atomic E-state index is 0.00961. The molecule has 5 heteroatoms. The van der Waals surface area contributed by atoms with Crippen LogP contribution in [0.1, 0.15) is 31.8 Å². The molecule has 0 aliphatic carbocycles. The van der Waals surface area contributed by atoms with Crippen molar-refractivity contribution in [3.63, 3.8) is 0 Å². The van der Waals surface area contributed by atoms with Gasteiger partial charge >= 0.3 is 0 Å². The highest BCUT2D eigenvalue weighted by molar-refractivity contribution is 6.15. The molecule has 4 rings (SSSR count). The lowest BCUT2D eigenvalue weighted by atomic mass is 9.95. The fraction of sp³-hybridized carbons (Fsp3) is 0.103. The monoisotopic (exact) mass is 450 g/mol. The smallest absolute Gasteiger partial charge is 0.260 e. The van der Waals surface area contributed by atoms with Crippen LogP contribution in [0.3, 0.4) is 0 Å². The number of phenols is 1. The van der Waals surface area contributed by atoms with Crippen LogP contribution in [0.15, 0.2) is 91.0 Å². The van der Waals surface area contributed by atoms with Gasteiger partial charge in [-0.1, -0.05) is 66.7 Å². The van der Waals surface area contributed by atoms with Gasteiger partial charge in [-0.15, -0.1) is 0 Å². The van der Waals surface area contributed by atoms with E-state index in [2.05, 4.69) is 5.32 Å². The molecule has 5 nitrogen and oxygen atoms in total. The lowest BCUT2D eigenvalue weighted by molar-refractivity contribution is 0.0993. The summed E-state index contributed by atoms with van der Waals surface area (Å²) in [5.41, 5.74) is 5.20. The molecule has 0 saturated carbocycles. The Morgan fingerprint density at radius 2 is 1.53 bits per heavy atom. The number of rotatable bonds is 5. The van der Waals surface area contributed by atoms with E-state index in [4.69, 9.17) is 0 Å². The molecule has 2 N–H and O–H groups in total. The van der Waals surface area contributed by atoms with Crippen LogP contribution in [0.4, 0.5) is 11.4 Å². The van der Waals surface area contributed by atoms with Crippen LogP contribution < -0.4 is 10.2 Å². The van der Waals surface area contributed by atoms with Crippen molar-refractivity contribution in [3.05, 3.63) is 113 Å². The lowest BCUT2D eigenvalue weighted by Gasteiger charge is -2.21. The number of hydrogen-bond donors (Lipinski definition) is 2. The van der Waals surface area contributed by atoms with Gasteiger partial charge < -0.3 is 15.3 Å². The van der Waals surface area contributed by atoms with E-state index in [1.54, 1.807) is 49.5 Å². The molecule has 170 valence electrons. The molecule has 0 aromatic heterocycles. The van der Waals surface area contributed by atoms with E-state index < -0.39 is 0 Å². The van der Waals surface area contributed by atoms with Crippen LogP contribution in [0.5, 0.6) is 5.75 Å². The van der Waals surface area contributed by atoms with E-state index in [9.17, 15) is 14.7 Å². The van der Waals surface area contributed by atoms with Crippen LogP contribution in [0.2, 0.25) is 0 Å². The van der Waals surface area contributed by atoms with Crippen LogP contribution in [0, 0.1) is 13.8 Å². The van der Waals surface area contributed by atoms with E-state index in [-0.39, 0.29) is 17.6 Å². The second-order valence-electron chi connectivity index (χ2n) is 8.22. The summed E-state index contributed by atoms with van der Waals surface area (Å²) in [6.45, 7) is 3.79. The maximum atomic E-state index is 13.5. The number of para-hydroxylation sites is 1. The number of carbonyl (C=O) groups is 2. The zero-order chi connectivity index (χ0) is 24.2. The van der Waals surface area contributed by atoms with Gasteiger partial charge in [0.1, 0.15) is 5.75 Å². The van der Waals surface area contributed by atoms with Gasteiger partial charge in [0, 0.05) is 7.05 Å². The third-order valence-electron chi connectivity index (χ3n) is 5.79. The first kappa shape index (κ1) is 22.8. The highest BCUT2D eigenvalue weighted by Gasteiger charge is 2.22. The second kappa shape index (κ2) is 9.63. The number of anilines is 2. The topological polar surface area (TPSA) is 69.6 Å². The Kier molecular flexibility index (Phi) is 6.46. The summed E-state index contributed by atoms with van der Waals surface area (Å²) >= 11 is 0. The Hall–Kier alpha value is -4.38. The summed E-state index contributed by atoms with van der Waals surface area (Å²) < 4.78 is 0. The minimum Gasteiger partial charge on any atom is -0.506 e. The number of carbonyl (C=O) groups excluding carboxylic acids is 2. The van der Waals surface area contributed by atoms with Crippen molar-refractivity contribution in [1.29, 1.82) is 0 Å². The second-order valence-corrected chi connectivity index (χ2v) is 8.22. The Labute approximate surface area is 199 Å². The van der Waals surface area contributed by atoms with Crippen molar-refractivity contribution >= 4 is 23.2 Å². The molecule has 34 heavy (non-hydrogen) atoms. The van der Waals surface area contributed by atoms with Gasteiger partial charge in [0.05, 0.1) is 22.5 Å². The molecule has 0 heterocycles. The van der Waals surface area contributed by atoms with Crippen molar-refractivity contribution < 1.29 is 14.7 Å². The molecule has 0 spiro atoms. The van der Waals surface area contributed by atoms with Gasteiger partial charge in [0.2, 0.25) is 0 Å². The van der Waals surface area contributed by atoms with Crippen molar-refractivity contribution in [3.8, 4) is 16.9 Å². The normalized spacial score (nSPS) is 10.6. The van der Waals surface area contributed by atoms with Gasteiger partial charge in [-0.25, -0.2) is 0 Å². The van der Waals surface area contributed by atoms with E-state index in [0.717, 1.165) is 22.3 Å². The number of aromatic hydroxyl groups is 1. The van der Waals surface area contributed by atoms with Gasteiger partial charge in [-0.3, -0.25) is 9.59 Å². The average molecular weight is 451 g/mol. The van der Waals surface area contributed by atoms with Gasteiger partial charge in [-0.2, -0.15) is 0 Å². The maximum Gasteiger partial charge on any atom is 0.260 e. The first-order chi connectivity index (χ1) is 16.4. The molecule has 0 aliphatic rings. The predicted octanol–water partition coefficient (Wildman–Crippen LogP) is 6.20. The van der Waals surface area contributed by atoms with Gasteiger partial charge in [0.25, 0.3) is 11.8 Å². The first-order valence-corrected chi connectivity index (χ1v) is 11.0. The number of benzene rings is 4. The number of nitrogens with one attached hydrogen (secondary N) is 1. The van der Waals surface area contributed by atoms with Crippen LogP contribution >= 0.6 is 0 Å². The summed E-state index contributed by atoms with van der Waals surface area (Å²) in [5, 5.41) is 13.2. The van der Waals surface area contributed by atoms with Crippen molar-refractivity contribution in [1.82, 2.24) is 0 Å². The molecule has 0 fully saturated rings. The molecule has 0 saturated heterocycles. The first-order valence-electron chi connectivity index (χ1n) is 11.0. The third-order valence-corrected chi connectivity index (χ3v) is 5.79. The number of nitrogens with zero attached hydrogens (tertiary/aromatic N) is 1. The maximum absolute atomic E-state index is 13.5. The molecule has 0 atom stereocenters. The Morgan fingerprint density at radius 1 is 0.824 bits per heavy atom. The van der Waals surface area contributed by atoms with Crippen LogP contribution in [0.25, 0.3) is 11.1 Å². The number of hydrogen-bond acceptors (Lipinski definition) is 3. The zero-order valence-corrected chi connectivity index (χ0v) is 19.4. The molecule has 4 aromatic rings. The number of amides is 2. The van der Waals surface area contributed by atoms with Crippen LogP contribution in [-0.2, 0) is 0 Å². The fourth-order valence-electron chi connectivity index (χ4n) is 3.98. The molecular formula is C29H26N2O3. The molecule has 0 aliphatic heterocycles. The van der Waals surface area contributed by atoms with E-state index in [0.29, 0.717) is 22.5 Å².